The van der Waals surface area contributed by atoms with E-state index >= 15 is 0 Å². The van der Waals surface area contributed by atoms with Gasteiger partial charge in [0.2, 0.25) is 0 Å². The van der Waals surface area contributed by atoms with Crippen molar-refractivity contribution in [3.05, 3.63) is 0 Å². The minimum Gasteiger partial charge on any atom is -0.0149 e. The van der Waals surface area contributed by atoms with Gasteiger partial charge in [0, 0.05) is 38.1 Å². The standard InChI is InChI=1S/Mn.Na.H4Si.W.H/h;;1H4;;. The Morgan fingerprint density at radius 3 is 1.00 bits per heavy atom. The van der Waals surface area contributed by atoms with E-state index in [1.54, 1.807) is 0 Å². The third-order valence-corrected chi connectivity index (χ3v) is 0. The van der Waals surface area contributed by atoms with Gasteiger partial charge < -0.3 is 0 Å². The van der Waals surface area contributed by atoms with Crippen LogP contribution in [0.5, 0.6) is 0 Å². The predicted octanol–water partition coefficient (Wildman–Crippen LogP) is -2.11. The molecule has 0 amide bonds. The van der Waals surface area contributed by atoms with Crippen molar-refractivity contribution in [2.75, 3.05) is 0 Å². The number of rotatable bonds is 0. The molecule has 0 saturated heterocycles. The maximum atomic E-state index is 0. The average molecular weight is 295 g/mol. The summed E-state index contributed by atoms with van der Waals surface area (Å²) in [4.78, 5) is 0. The van der Waals surface area contributed by atoms with Gasteiger partial charge in [-0.15, -0.1) is 0 Å². The van der Waals surface area contributed by atoms with E-state index in [1.807, 2.05) is 0 Å². The second-order valence-corrected chi connectivity index (χ2v) is 0. The molecule has 0 spiro atoms. The summed E-state index contributed by atoms with van der Waals surface area (Å²) < 4.78 is 0. The number of hydrogen-bond acceptors (Lipinski definition) is 0. The molecule has 0 aromatic rings. The molecule has 1 radical (unpaired) electrons. The molecule has 0 nitrogen and oxygen atoms in total. The van der Waals surface area contributed by atoms with Gasteiger partial charge in [0.1, 0.15) is 0 Å². The molecule has 4 heteroatoms. The quantitative estimate of drug-likeness (QED) is 0.449. The zero-order valence-corrected chi connectivity index (χ0v) is 4.90. The van der Waals surface area contributed by atoms with E-state index in [9.17, 15) is 0 Å². The largest absolute Gasteiger partial charge is 0.0149 e. The Bertz CT molecular complexity index is 8.00. The first-order valence-corrected chi connectivity index (χ1v) is 0. The van der Waals surface area contributed by atoms with Crippen molar-refractivity contribution in [2.45, 2.75) is 0 Å². The molecule has 0 aliphatic rings. The Kier molecular flexibility index (Phi) is 145. The molecule has 0 aliphatic carbocycles. The van der Waals surface area contributed by atoms with Gasteiger partial charge in [0.15, 0.2) is 0 Å². The van der Waals surface area contributed by atoms with Crippen molar-refractivity contribution < 1.29 is 38.1 Å². The van der Waals surface area contributed by atoms with Gasteiger partial charge in [0.05, 0.1) is 0 Å². The first kappa shape index (κ1) is 32.2. The van der Waals surface area contributed by atoms with Crippen LogP contribution in [0.25, 0.3) is 0 Å². The Morgan fingerprint density at radius 1 is 1.00 bits per heavy atom. The van der Waals surface area contributed by atoms with E-state index in [0.29, 0.717) is 0 Å². The Hall–Kier alpha value is 2.42. The molecule has 23 valence electrons. The van der Waals surface area contributed by atoms with E-state index in [4.69, 9.17) is 0 Å². The Balaban J connectivity index is 0. The van der Waals surface area contributed by atoms with Crippen molar-refractivity contribution in [3.8, 4) is 0 Å². The molecular weight excluding hydrogens is 290 g/mol. The van der Waals surface area contributed by atoms with E-state index in [2.05, 4.69) is 0 Å². The number of hydrogen-bond donors (Lipinski definition) is 0. The molecule has 0 heterocycles. The molecule has 0 rings (SSSR count). The van der Waals surface area contributed by atoms with Crippen LogP contribution in [0, 0.1) is 0 Å². The van der Waals surface area contributed by atoms with Crippen LogP contribution < -0.4 is 0 Å². The smallest absolute Gasteiger partial charge is 0 e. The SMILES string of the molecule is [Mn].[NaH].[SiH4].[W]. The van der Waals surface area contributed by atoms with Gasteiger partial charge in [-0.2, -0.15) is 0 Å². The fraction of sp³-hybridized carbons (Fsp3) is 0. The molecule has 0 aromatic heterocycles. The molecule has 0 fully saturated rings. The van der Waals surface area contributed by atoms with Crippen molar-refractivity contribution in [1.82, 2.24) is 0 Å². The van der Waals surface area contributed by atoms with Gasteiger partial charge >= 0.3 is 29.6 Å². The maximum absolute atomic E-state index is 0. The van der Waals surface area contributed by atoms with Gasteiger partial charge in [-0.1, -0.05) is 0 Å². The van der Waals surface area contributed by atoms with E-state index in [1.165, 1.54) is 0 Å². The molecule has 0 bridgehead atoms. The van der Waals surface area contributed by atoms with Crippen LogP contribution in [0.1, 0.15) is 0 Å². The van der Waals surface area contributed by atoms with Crippen LogP contribution in [-0.4, -0.2) is 40.5 Å². The molecule has 0 N–H and O–H groups in total. The second-order valence-electron chi connectivity index (χ2n) is 0. The zero-order chi connectivity index (χ0) is 0. The summed E-state index contributed by atoms with van der Waals surface area (Å²) >= 11 is 0. The fourth-order valence-electron chi connectivity index (χ4n) is 0. The summed E-state index contributed by atoms with van der Waals surface area (Å²) in [6.45, 7) is 0. The third kappa shape index (κ3) is 8.83. The molecule has 0 atom stereocenters. The summed E-state index contributed by atoms with van der Waals surface area (Å²) in [7, 11) is 0. The van der Waals surface area contributed by atoms with E-state index < -0.39 is 0 Å². The monoisotopic (exact) mass is 295 g/mol. The normalized spacial score (nSPS) is 0. The van der Waals surface area contributed by atoms with Crippen LogP contribution in [0.15, 0.2) is 0 Å². The minimum atomic E-state index is 0. The van der Waals surface area contributed by atoms with Crippen LogP contribution in [-0.2, 0) is 38.1 Å². The van der Waals surface area contributed by atoms with E-state index in [0.717, 1.165) is 0 Å². The Morgan fingerprint density at radius 2 is 1.00 bits per heavy atom. The molecule has 0 saturated carbocycles. The van der Waals surface area contributed by atoms with Crippen molar-refractivity contribution in [2.24, 2.45) is 0 Å². The maximum Gasteiger partial charge on any atom is 0 e. The van der Waals surface area contributed by atoms with Crippen LogP contribution >= 0.6 is 0 Å². The molecule has 0 unspecified atom stereocenters. The van der Waals surface area contributed by atoms with Crippen molar-refractivity contribution in [3.63, 3.8) is 0 Å². The van der Waals surface area contributed by atoms with Crippen molar-refractivity contribution in [1.29, 1.82) is 0 Å². The fourth-order valence-corrected chi connectivity index (χ4v) is 0. The molecule has 0 aliphatic heterocycles. The summed E-state index contributed by atoms with van der Waals surface area (Å²) in [6.07, 6.45) is 0. The first-order valence-electron chi connectivity index (χ1n) is 0. The van der Waals surface area contributed by atoms with Gasteiger partial charge in [-0.05, 0) is 11.0 Å². The summed E-state index contributed by atoms with van der Waals surface area (Å²) in [5, 5.41) is 0. The van der Waals surface area contributed by atoms with Gasteiger partial charge in [0.25, 0.3) is 0 Å². The summed E-state index contributed by atoms with van der Waals surface area (Å²) in [6, 6.07) is 0. The molecular formula is H5MnNaSiW. The first-order chi connectivity index (χ1) is 0. The summed E-state index contributed by atoms with van der Waals surface area (Å²) in [5.74, 6) is 0. The van der Waals surface area contributed by atoms with Gasteiger partial charge in [-0.25, -0.2) is 0 Å². The van der Waals surface area contributed by atoms with E-state index in [-0.39, 0.29) is 78.7 Å². The predicted molar refractivity (Wildman–Crippen MR) is 18.5 cm³/mol. The summed E-state index contributed by atoms with van der Waals surface area (Å²) in [5.41, 5.74) is 0. The van der Waals surface area contributed by atoms with Gasteiger partial charge in [-0.3, -0.25) is 0 Å². The average Bonchev–Trinajstić information content (AvgIpc) is 0. The Labute approximate surface area is 77.5 Å². The molecule has 4 heavy (non-hydrogen) atoms. The van der Waals surface area contributed by atoms with Crippen LogP contribution in [0.2, 0.25) is 0 Å². The van der Waals surface area contributed by atoms with Crippen LogP contribution in [0.3, 0.4) is 0 Å². The minimum absolute atomic E-state index is 0. The zero-order valence-electron chi connectivity index (χ0n) is 0.786. The molecule has 0 aromatic carbocycles. The second kappa shape index (κ2) is 18.1. The van der Waals surface area contributed by atoms with Crippen molar-refractivity contribution >= 4 is 40.5 Å². The van der Waals surface area contributed by atoms with Crippen LogP contribution in [0.4, 0.5) is 0 Å². The third-order valence-electron chi connectivity index (χ3n) is 0. The topological polar surface area (TPSA) is 0 Å².